The van der Waals surface area contributed by atoms with Crippen LogP contribution in [-0.2, 0) is 19.4 Å². The van der Waals surface area contributed by atoms with E-state index in [1.165, 1.54) is 12.1 Å². The number of carbonyl (C=O) groups excluding carboxylic acids is 4. The molecule has 3 aromatic carbocycles. The average molecular weight is 602 g/mol. The highest BCUT2D eigenvalue weighted by Gasteiger charge is 2.45. The van der Waals surface area contributed by atoms with Crippen molar-refractivity contribution in [3.63, 3.8) is 0 Å². The maximum absolute atomic E-state index is 13.7. The number of esters is 1. The lowest BCUT2D eigenvalue weighted by Gasteiger charge is -2.27. The molecule has 0 saturated heterocycles. The van der Waals surface area contributed by atoms with Crippen molar-refractivity contribution in [2.24, 2.45) is 0 Å². The summed E-state index contributed by atoms with van der Waals surface area (Å²) < 4.78 is 29.7. The predicted octanol–water partition coefficient (Wildman–Crippen LogP) is 5.18. The number of carbonyl (C=O) groups is 4. The Morgan fingerprint density at radius 3 is 1.98 bits per heavy atom. The number of nitrogens with zero attached hydrogens (tertiary/aromatic N) is 1. The summed E-state index contributed by atoms with van der Waals surface area (Å²) in [5.74, 6) is -3.87. The molecule has 208 valence electrons. The zero-order chi connectivity index (χ0) is 29.4. The molecule has 0 bridgehead atoms. The summed E-state index contributed by atoms with van der Waals surface area (Å²) in [7, 11) is -3.61. The lowest BCUT2D eigenvalue weighted by Crippen LogP contribution is -2.47. The van der Waals surface area contributed by atoms with Crippen molar-refractivity contribution in [2.75, 3.05) is 12.0 Å². The lowest BCUT2D eigenvalue weighted by molar-refractivity contribution is -0.152. The molecule has 0 unspecified atom stereocenters. The van der Waals surface area contributed by atoms with Gasteiger partial charge in [-0.2, -0.15) is 0 Å². The summed E-state index contributed by atoms with van der Waals surface area (Å²) in [5, 5.41) is 0.0589. The molecule has 0 aliphatic carbocycles. The van der Waals surface area contributed by atoms with E-state index in [1.54, 1.807) is 48.5 Å². The van der Waals surface area contributed by atoms with Crippen molar-refractivity contribution in [1.82, 2.24) is 4.90 Å². The second kappa shape index (κ2) is 11.5. The maximum atomic E-state index is 13.7. The van der Waals surface area contributed by atoms with Crippen LogP contribution in [0.2, 0.25) is 10.0 Å². The third-order valence-electron chi connectivity index (χ3n) is 6.67. The molecule has 0 radical (unpaired) electrons. The molecule has 4 rings (SSSR count). The number of Topliss-reactive ketones (excluding diaryl/α,β-unsaturated/α-hetero) is 1. The van der Waals surface area contributed by atoms with Gasteiger partial charge in [0, 0.05) is 17.4 Å². The highest BCUT2D eigenvalue weighted by Crippen LogP contribution is 2.34. The third kappa shape index (κ3) is 6.11. The molecule has 8 nitrogen and oxygen atoms in total. The van der Waals surface area contributed by atoms with Crippen molar-refractivity contribution in [3.05, 3.63) is 104 Å². The van der Waals surface area contributed by atoms with Crippen LogP contribution in [0.5, 0.6) is 0 Å². The molecule has 40 heavy (non-hydrogen) atoms. The number of imide groups is 1. The van der Waals surface area contributed by atoms with Crippen LogP contribution in [0, 0.1) is 13.8 Å². The van der Waals surface area contributed by atoms with E-state index in [2.05, 4.69) is 0 Å². The Morgan fingerprint density at radius 1 is 0.875 bits per heavy atom. The van der Waals surface area contributed by atoms with Gasteiger partial charge in [-0.05, 0) is 49.6 Å². The van der Waals surface area contributed by atoms with Crippen molar-refractivity contribution in [3.8, 4) is 0 Å². The first-order chi connectivity index (χ1) is 18.8. The molecular weight excluding hydrogens is 577 g/mol. The minimum Gasteiger partial charge on any atom is -0.447 e. The Labute approximate surface area is 241 Å². The number of ketones is 1. The molecule has 3 aromatic rings. The van der Waals surface area contributed by atoms with Gasteiger partial charge < -0.3 is 4.74 Å². The molecule has 1 aliphatic rings. The molecule has 2 amide bonds. The monoisotopic (exact) mass is 601 g/mol. The van der Waals surface area contributed by atoms with Crippen LogP contribution in [0.15, 0.2) is 60.7 Å². The van der Waals surface area contributed by atoms with E-state index in [0.29, 0.717) is 16.0 Å². The smallest absolute Gasteiger partial charge is 0.330 e. The molecule has 1 heterocycles. The van der Waals surface area contributed by atoms with Crippen LogP contribution in [0.1, 0.15) is 60.3 Å². The largest absolute Gasteiger partial charge is 0.447 e. The number of ether oxygens (including phenoxy) is 1. The zero-order valence-corrected chi connectivity index (χ0v) is 24.1. The van der Waals surface area contributed by atoms with Gasteiger partial charge in [-0.1, -0.05) is 65.7 Å². The van der Waals surface area contributed by atoms with Crippen LogP contribution in [0.25, 0.3) is 0 Å². The number of aryl methyl sites for hydroxylation is 2. The fraction of sp³-hybridized carbons (Fsp3) is 0.241. The first kappa shape index (κ1) is 29.5. The Bertz CT molecular complexity index is 1600. The van der Waals surface area contributed by atoms with Gasteiger partial charge in [-0.3, -0.25) is 19.3 Å². The molecule has 2 atom stereocenters. The van der Waals surface area contributed by atoms with Crippen molar-refractivity contribution in [1.29, 1.82) is 0 Å². The van der Waals surface area contributed by atoms with Gasteiger partial charge >= 0.3 is 5.97 Å². The Kier molecular flexibility index (Phi) is 8.49. The van der Waals surface area contributed by atoms with Gasteiger partial charge in [-0.25, -0.2) is 13.2 Å². The van der Waals surface area contributed by atoms with E-state index < -0.39 is 57.7 Å². The fourth-order valence-electron chi connectivity index (χ4n) is 4.36. The second-order valence-corrected chi connectivity index (χ2v) is 12.7. The number of rotatable bonds is 9. The Morgan fingerprint density at radius 2 is 1.45 bits per heavy atom. The Hall–Kier alpha value is -3.53. The van der Waals surface area contributed by atoms with Crippen molar-refractivity contribution >= 4 is 56.6 Å². The fourth-order valence-corrected chi connectivity index (χ4v) is 5.33. The minimum atomic E-state index is -3.61. The van der Waals surface area contributed by atoms with Crippen LogP contribution in [-0.4, -0.2) is 54.9 Å². The van der Waals surface area contributed by atoms with Gasteiger partial charge in [0.25, 0.3) is 11.8 Å². The number of sulfone groups is 1. The van der Waals surface area contributed by atoms with Crippen LogP contribution in [0.3, 0.4) is 0 Å². The van der Waals surface area contributed by atoms with Gasteiger partial charge in [0.15, 0.2) is 6.10 Å². The first-order valence-electron chi connectivity index (χ1n) is 12.2. The predicted molar refractivity (Wildman–Crippen MR) is 151 cm³/mol. The molecule has 1 aliphatic heterocycles. The quantitative estimate of drug-likeness (QED) is 0.188. The van der Waals surface area contributed by atoms with Gasteiger partial charge in [0.2, 0.25) is 5.78 Å². The van der Waals surface area contributed by atoms with E-state index in [4.69, 9.17) is 27.9 Å². The van der Waals surface area contributed by atoms with Gasteiger partial charge in [0.1, 0.15) is 15.9 Å². The first-order valence-corrected chi connectivity index (χ1v) is 15.0. The summed E-state index contributed by atoms with van der Waals surface area (Å²) in [6, 6.07) is 14.1. The summed E-state index contributed by atoms with van der Waals surface area (Å²) in [6.45, 7) is 3.74. The average Bonchev–Trinajstić information content (AvgIpc) is 3.13. The molecule has 0 N–H and O–H groups in total. The third-order valence-corrected chi connectivity index (χ3v) is 8.37. The summed E-state index contributed by atoms with van der Waals surface area (Å²) in [5.41, 5.74) is 2.32. The molecular formula is C29H25Cl2NO7S. The summed E-state index contributed by atoms with van der Waals surface area (Å²) in [6.07, 6.45) is -0.896. The highest BCUT2D eigenvalue weighted by atomic mass is 35.5. The van der Waals surface area contributed by atoms with Crippen molar-refractivity contribution < 1.29 is 32.3 Å². The van der Waals surface area contributed by atoms with Gasteiger partial charge in [0.05, 0.1) is 26.9 Å². The SMILES string of the molecule is Cc1ccc(C(=O)[C@@H](OC(=O)[C@@H](CCS(C)(=O)=O)N2C(=O)c3cc(Cl)c(Cl)cc3C2=O)c2ccccc2)cc1C. The summed E-state index contributed by atoms with van der Waals surface area (Å²) in [4.78, 5) is 54.6. The number of benzene rings is 3. The van der Waals surface area contributed by atoms with E-state index in [1.807, 2.05) is 13.8 Å². The highest BCUT2D eigenvalue weighted by molar-refractivity contribution is 7.90. The minimum absolute atomic E-state index is 0.0295. The molecule has 11 heteroatoms. The number of amides is 2. The number of halogens is 2. The number of hydrogen-bond donors (Lipinski definition) is 0. The molecule has 0 aromatic heterocycles. The van der Waals surface area contributed by atoms with Crippen molar-refractivity contribution in [2.45, 2.75) is 32.4 Å². The number of fused-ring (bicyclic) bond motifs is 1. The van der Waals surface area contributed by atoms with E-state index in [-0.39, 0.29) is 21.2 Å². The Balaban J connectivity index is 1.73. The van der Waals surface area contributed by atoms with Gasteiger partial charge in [-0.15, -0.1) is 0 Å². The normalized spacial score (nSPS) is 14.6. The van der Waals surface area contributed by atoms with Crippen LogP contribution < -0.4 is 0 Å². The second-order valence-electron chi connectivity index (χ2n) is 9.62. The lowest BCUT2D eigenvalue weighted by atomic mass is 9.97. The van der Waals surface area contributed by atoms with Crippen LogP contribution in [0.4, 0.5) is 0 Å². The summed E-state index contributed by atoms with van der Waals surface area (Å²) >= 11 is 12.1. The molecule has 0 fully saturated rings. The van der Waals surface area contributed by atoms with Crippen LogP contribution >= 0.6 is 23.2 Å². The zero-order valence-electron chi connectivity index (χ0n) is 21.8. The van der Waals surface area contributed by atoms with E-state index in [9.17, 15) is 27.6 Å². The van der Waals surface area contributed by atoms with E-state index >= 15 is 0 Å². The molecule has 0 saturated carbocycles. The van der Waals surface area contributed by atoms with E-state index in [0.717, 1.165) is 17.4 Å². The molecule has 0 spiro atoms. The number of hydrogen-bond acceptors (Lipinski definition) is 7. The maximum Gasteiger partial charge on any atom is 0.330 e. The topological polar surface area (TPSA) is 115 Å². The standard InChI is InChI=1S/C29H25Cl2NO7S/c1-16-9-10-19(13-17(16)2)25(33)26(18-7-5-4-6-8-18)39-29(36)24(11-12-40(3,37)38)32-27(34)20-14-22(30)23(31)15-21(20)28(32)35/h4-10,13-15,24,26H,11-12H2,1-3H3/t24-,26+/m1/s1.